The van der Waals surface area contributed by atoms with Crippen LogP contribution in [0.2, 0.25) is 5.02 Å². The van der Waals surface area contributed by atoms with Gasteiger partial charge in [-0.15, -0.1) is 11.8 Å². The van der Waals surface area contributed by atoms with Crippen LogP contribution in [0.4, 0.5) is 0 Å². The van der Waals surface area contributed by atoms with Crippen LogP contribution >= 0.6 is 23.4 Å². The maximum absolute atomic E-state index is 6.32. The number of fused-ring (bicyclic) bond motifs is 1. The van der Waals surface area contributed by atoms with Crippen molar-refractivity contribution in [3.8, 4) is 5.69 Å². The Balaban J connectivity index is 1.86. The number of imidazole rings is 1. The van der Waals surface area contributed by atoms with Crippen LogP contribution in [-0.4, -0.2) is 28.3 Å². The number of para-hydroxylation sites is 1. The van der Waals surface area contributed by atoms with E-state index in [0.29, 0.717) is 0 Å². The Bertz CT molecular complexity index is 1040. The van der Waals surface area contributed by atoms with Crippen molar-refractivity contribution in [2.75, 3.05) is 18.8 Å². The second-order valence-electron chi connectivity index (χ2n) is 6.70. The fraction of sp³-hybridized carbons (Fsp3) is 0.261. The lowest BCUT2D eigenvalue weighted by Crippen LogP contribution is -2.35. The van der Waals surface area contributed by atoms with E-state index in [1.165, 1.54) is 10.8 Å². The minimum atomic E-state index is 0.763. The van der Waals surface area contributed by atoms with Gasteiger partial charge in [0.15, 0.2) is 11.0 Å². The van der Waals surface area contributed by atoms with Crippen molar-refractivity contribution in [1.82, 2.24) is 9.47 Å². The molecular formula is C23H25ClN3S+. The average Bonchev–Trinajstić information content (AvgIpc) is 3.30. The summed E-state index contributed by atoms with van der Waals surface area (Å²) < 4.78 is 4.63. The molecular weight excluding hydrogens is 386 g/mol. The molecule has 0 radical (unpaired) electrons. The summed E-state index contributed by atoms with van der Waals surface area (Å²) in [5.74, 6) is 2.32. The molecule has 0 saturated carbocycles. The number of allylic oxidation sites excluding steroid dienone is 2. The van der Waals surface area contributed by atoms with Crippen molar-refractivity contribution in [2.24, 2.45) is 0 Å². The first kappa shape index (κ1) is 19.2. The van der Waals surface area contributed by atoms with E-state index < -0.39 is 0 Å². The van der Waals surface area contributed by atoms with Gasteiger partial charge in [-0.1, -0.05) is 35.9 Å². The molecule has 0 spiro atoms. The number of nitrogens with zero attached hydrogens (tertiary/aromatic N) is 3. The summed E-state index contributed by atoms with van der Waals surface area (Å²) in [6.07, 6.45) is 6.63. The highest BCUT2D eigenvalue weighted by Gasteiger charge is 2.24. The predicted octanol–water partition coefficient (Wildman–Crippen LogP) is 5.51. The Morgan fingerprint density at radius 2 is 1.96 bits per heavy atom. The largest absolute Gasteiger partial charge is 0.366 e. The number of halogens is 1. The van der Waals surface area contributed by atoms with Crippen molar-refractivity contribution in [2.45, 2.75) is 20.4 Å². The van der Waals surface area contributed by atoms with Crippen molar-refractivity contribution >= 4 is 40.5 Å². The lowest BCUT2D eigenvalue weighted by Gasteiger charge is -2.14. The van der Waals surface area contributed by atoms with E-state index in [2.05, 4.69) is 88.6 Å². The summed E-state index contributed by atoms with van der Waals surface area (Å²) in [4.78, 5) is 2.43. The summed E-state index contributed by atoms with van der Waals surface area (Å²) in [6.45, 7) is 7.47. The highest BCUT2D eigenvalue weighted by Crippen LogP contribution is 2.28. The van der Waals surface area contributed by atoms with Gasteiger partial charge in [-0.05, 0) is 44.2 Å². The Kier molecular flexibility index (Phi) is 5.79. The van der Waals surface area contributed by atoms with Gasteiger partial charge in [0.2, 0.25) is 0 Å². The van der Waals surface area contributed by atoms with E-state index in [4.69, 9.17) is 11.6 Å². The maximum atomic E-state index is 6.32. The van der Waals surface area contributed by atoms with Gasteiger partial charge in [0.25, 0.3) is 5.82 Å². The first-order valence-corrected chi connectivity index (χ1v) is 11.1. The summed E-state index contributed by atoms with van der Waals surface area (Å²) in [5.41, 5.74) is 3.46. The Morgan fingerprint density at radius 1 is 1.14 bits per heavy atom. The number of hydrogen-bond donors (Lipinski definition) is 0. The molecule has 1 fully saturated rings. The zero-order chi connectivity index (χ0) is 19.5. The lowest BCUT2D eigenvalue weighted by molar-refractivity contribution is -0.670. The first-order valence-electron chi connectivity index (χ1n) is 9.78. The molecule has 4 rings (SSSR count). The molecule has 2 heterocycles. The number of hydrogen-bond acceptors (Lipinski definition) is 2. The summed E-state index contributed by atoms with van der Waals surface area (Å²) >= 11 is 8.25. The molecule has 2 aromatic carbocycles. The topological polar surface area (TPSA) is 12.1 Å². The van der Waals surface area contributed by atoms with Crippen LogP contribution < -0.4 is 4.57 Å². The van der Waals surface area contributed by atoms with E-state index in [9.17, 15) is 0 Å². The second kappa shape index (κ2) is 8.46. The highest BCUT2D eigenvalue weighted by atomic mass is 35.5. The van der Waals surface area contributed by atoms with E-state index in [1.807, 2.05) is 17.8 Å². The van der Waals surface area contributed by atoms with E-state index in [-0.39, 0.29) is 0 Å². The van der Waals surface area contributed by atoms with E-state index >= 15 is 0 Å². The molecule has 0 atom stereocenters. The maximum Gasteiger partial charge on any atom is 0.287 e. The van der Waals surface area contributed by atoms with Crippen molar-refractivity contribution in [3.05, 3.63) is 76.6 Å². The number of aromatic nitrogens is 2. The molecule has 0 aliphatic carbocycles. The van der Waals surface area contributed by atoms with Crippen molar-refractivity contribution in [1.29, 1.82) is 0 Å². The van der Waals surface area contributed by atoms with Crippen LogP contribution in [0.15, 0.2) is 65.7 Å². The van der Waals surface area contributed by atoms with Gasteiger partial charge in [0.1, 0.15) is 5.69 Å². The molecule has 0 N–H and O–H groups in total. The minimum Gasteiger partial charge on any atom is -0.366 e. The molecule has 3 nitrogen and oxygen atoms in total. The van der Waals surface area contributed by atoms with Crippen LogP contribution in [0.5, 0.6) is 0 Å². The molecule has 3 aromatic rings. The summed E-state index contributed by atoms with van der Waals surface area (Å²) in [5, 5.41) is 2.12. The Morgan fingerprint density at radius 3 is 2.71 bits per heavy atom. The molecule has 1 aromatic heterocycles. The standard InChI is InChI=1S/C23H25ClN3S/c1-3-25-15-16-28-23(25)12-8-11-22-26(4-2)21-17-18(24)13-14-20(21)27(22)19-9-6-5-7-10-19/h5-14,17H,3-4,15-16H2,1-2H3/q+1. The third-order valence-corrected chi connectivity index (χ3v) is 6.41. The summed E-state index contributed by atoms with van der Waals surface area (Å²) in [7, 11) is 0. The van der Waals surface area contributed by atoms with E-state index in [1.54, 1.807) is 0 Å². The van der Waals surface area contributed by atoms with Gasteiger partial charge < -0.3 is 4.90 Å². The van der Waals surface area contributed by atoms with Gasteiger partial charge >= 0.3 is 0 Å². The lowest BCUT2D eigenvalue weighted by atomic mass is 10.2. The molecule has 28 heavy (non-hydrogen) atoms. The van der Waals surface area contributed by atoms with Crippen molar-refractivity contribution < 1.29 is 4.57 Å². The zero-order valence-electron chi connectivity index (χ0n) is 16.3. The van der Waals surface area contributed by atoms with Crippen LogP contribution in [0.25, 0.3) is 22.8 Å². The number of aryl methyl sites for hydroxylation is 1. The van der Waals surface area contributed by atoms with Crippen LogP contribution in [-0.2, 0) is 6.54 Å². The quantitative estimate of drug-likeness (QED) is 0.513. The Labute approximate surface area is 175 Å². The van der Waals surface area contributed by atoms with Gasteiger partial charge in [-0.3, -0.25) is 0 Å². The normalized spacial score (nSPS) is 16.1. The molecule has 0 amide bonds. The SMILES string of the molecule is CCN1CCS/C1=C/C=C/c1n(-c2ccccc2)c2ccc(Cl)cc2[n+]1CC. The number of benzene rings is 2. The van der Waals surface area contributed by atoms with Crippen LogP contribution in [0, 0.1) is 0 Å². The molecule has 0 unspecified atom stereocenters. The monoisotopic (exact) mass is 410 g/mol. The molecule has 1 aliphatic rings. The molecule has 144 valence electrons. The zero-order valence-corrected chi connectivity index (χ0v) is 17.9. The number of rotatable bonds is 5. The second-order valence-corrected chi connectivity index (χ2v) is 8.25. The first-order chi connectivity index (χ1) is 13.7. The fourth-order valence-corrected chi connectivity index (χ4v) is 5.03. The van der Waals surface area contributed by atoms with Gasteiger partial charge in [0, 0.05) is 36.0 Å². The highest BCUT2D eigenvalue weighted by molar-refractivity contribution is 8.03. The van der Waals surface area contributed by atoms with Gasteiger partial charge in [-0.25, -0.2) is 4.57 Å². The molecule has 1 saturated heterocycles. The average molecular weight is 411 g/mol. The molecule has 0 bridgehead atoms. The van der Waals surface area contributed by atoms with Crippen LogP contribution in [0.3, 0.4) is 0 Å². The molecule has 1 aliphatic heterocycles. The Hall–Kier alpha value is -2.17. The number of thioether (sulfide) groups is 1. The predicted molar refractivity (Wildman–Crippen MR) is 121 cm³/mol. The van der Waals surface area contributed by atoms with Crippen molar-refractivity contribution in [3.63, 3.8) is 0 Å². The minimum absolute atomic E-state index is 0.763. The third kappa shape index (κ3) is 3.59. The fourth-order valence-electron chi connectivity index (χ4n) is 3.76. The van der Waals surface area contributed by atoms with E-state index in [0.717, 1.165) is 47.2 Å². The summed E-state index contributed by atoms with van der Waals surface area (Å²) in [6, 6.07) is 16.6. The van der Waals surface area contributed by atoms with Gasteiger partial charge in [-0.2, -0.15) is 4.57 Å². The van der Waals surface area contributed by atoms with Gasteiger partial charge in [0.05, 0.1) is 11.6 Å². The smallest absolute Gasteiger partial charge is 0.287 e. The molecule has 5 heteroatoms. The van der Waals surface area contributed by atoms with Crippen LogP contribution in [0.1, 0.15) is 19.7 Å². The third-order valence-electron chi connectivity index (χ3n) is 5.09.